The van der Waals surface area contributed by atoms with Gasteiger partial charge in [-0.25, -0.2) is 0 Å². The van der Waals surface area contributed by atoms with Crippen LogP contribution < -0.4 is 10.6 Å². The topological polar surface area (TPSA) is 58.2 Å². The Morgan fingerprint density at radius 3 is 2.09 bits per heavy atom. The summed E-state index contributed by atoms with van der Waals surface area (Å²) in [4.78, 5) is 24.1. The third-order valence-corrected chi connectivity index (χ3v) is 4.20. The van der Waals surface area contributed by atoms with E-state index in [1.165, 1.54) is 0 Å². The number of hydrogen-bond acceptors (Lipinski definition) is 2. The minimum atomic E-state index is 0.0344. The first kappa shape index (κ1) is 16.3. The van der Waals surface area contributed by atoms with Crippen LogP contribution in [0.1, 0.15) is 31.2 Å². The third-order valence-electron chi connectivity index (χ3n) is 4.20. The number of rotatable bonds is 6. The van der Waals surface area contributed by atoms with Gasteiger partial charge in [-0.1, -0.05) is 36.4 Å². The average Bonchev–Trinajstić information content (AvgIpc) is 2.58. The first-order chi connectivity index (χ1) is 10.7. The second-order valence-corrected chi connectivity index (χ2v) is 5.79. The van der Waals surface area contributed by atoms with Gasteiger partial charge in [-0.2, -0.15) is 0 Å². The summed E-state index contributed by atoms with van der Waals surface area (Å²) in [6.45, 7) is 4.67. The zero-order valence-electron chi connectivity index (χ0n) is 12.9. The smallest absolute Gasteiger partial charge is 0.223 e. The minimum absolute atomic E-state index is 0.0344. The van der Waals surface area contributed by atoms with Crippen molar-refractivity contribution in [2.45, 2.75) is 32.2 Å². The summed E-state index contributed by atoms with van der Waals surface area (Å²) in [5.74, 6) is 0.266. The largest absolute Gasteiger partial charge is 0.352 e. The van der Waals surface area contributed by atoms with Gasteiger partial charge in [0, 0.05) is 24.9 Å². The highest BCUT2D eigenvalue weighted by Crippen LogP contribution is 2.29. The highest BCUT2D eigenvalue weighted by molar-refractivity contribution is 5.81. The fourth-order valence-corrected chi connectivity index (χ4v) is 2.86. The van der Waals surface area contributed by atoms with E-state index in [4.69, 9.17) is 0 Å². The zero-order chi connectivity index (χ0) is 15.8. The maximum Gasteiger partial charge on any atom is 0.223 e. The van der Waals surface area contributed by atoms with Crippen LogP contribution in [0.2, 0.25) is 0 Å². The molecule has 0 aromatic heterocycles. The van der Waals surface area contributed by atoms with E-state index in [0.29, 0.717) is 13.1 Å². The molecule has 4 heteroatoms. The van der Waals surface area contributed by atoms with E-state index in [1.54, 1.807) is 6.08 Å². The third kappa shape index (κ3) is 4.72. The average molecular weight is 300 g/mol. The maximum absolute atomic E-state index is 12.2. The van der Waals surface area contributed by atoms with Gasteiger partial charge in [0.05, 0.1) is 0 Å². The monoisotopic (exact) mass is 300 g/mol. The Morgan fingerprint density at radius 1 is 1.00 bits per heavy atom. The number of carbonyl (C=O) groups is 2. The molecule has 0 aliphatic heterocycles. The quantitative estimate of drug-likeness (QED) is 0.793. The molecule has 118 valence electrons. The maximum atomic E-state index is 12.2. The summed E-state index contributed by atoms with van der Waals surface area (Å²) in [5.41, 5.74) is 1.10. The molecule has 2 N–H and O–H groups in total. The second kappa shape index (κ2) is 8.37. The SMILES string of the molecule is C=CCNC(=O)C1CCC(C(=O)NCc2ccccc2)CC1. The van der Waals surface area contributed by atoms with Crippen LogP contribution in [0.25, 0.3) is 0 Å². The molecular formula is C18H24N2O2. The van der Waals surface area contributed by atoms with Crippen LogP contribution in [0.4, 0.5) is 0 Å². The lowest BCUT2D eigenvalue weighted by Crippen LogP contribution is -2.37. The van der Waals surface area contributed by atoms with Crippen LogP contribution in [0.5, 0.6) is 0 Å². The molecule has 2 rings (SSSR count). The van der Waals surface area contributed by atoms with Gasteiger partial charge >= 0.3 is 0 Å². The van der Waals surface area contributed by atoms with Crippen LogP contribution >= 0.6 is 0 Å². The van der Waals surface area contributed by atoms with Crippen LogP contribution in [0.3, 0.4) is 0 Å². The summed E-state index contributed by atoms with van der Waals surface area (Å²) in [6.07, 6.45) is 4.82. The van der Waals surface area contributed by atoms with E-state index < -0.39 is 0 Å². The Balaban J connectivity index is 1.73. The van der Waals surface area contributed by atoms with Gasteiger partial charge in [-0.05, 0) is 31.2 Å². The molecule has 22 heavy (non-hydrogen) atoms. The molecule has 4 nitrogen and oxygen atoms in total. The summed E-state index contributed by atoms with van der Waals surface area (Å²) in [5, 5.41) is 5.83. The highest BCUT2D eigenvalue weighted by atomic mass is 16.2. The first-order valence-electron chi connectivity index (χ1n) is 7.91. The van der Waals surface area contributed by atoms with Crippen LogP contribution in [-0.4, -0.2) is 18.4 Å². The van der Waals surface area contributed by atoms with Gasteiger partial charge in [0.1, 0.15) is 0 Å². The molecule has 0 radical (unpaired) electrons. The van der Waals surface area contributed by atoms with Crippen molar-refractivity contribution >= 4 is 11.8 Å². The number of amides is 2. The number of nitrogens with one attached hydrogen (secondary N) is 2. The van der Waals surface area contributed by atoms with Crippen molar-refractivity contribution in [2.75, 3.05) is 6.54 Å². The molecule has 0 spiro atoms. The molecule has 1 aliphatic rings. The molecule has 1 fully saturated rings. The van der Waals surface area contributed by atoms with Crippen molar-refractivity contribution < 1.29 is 9.59 Å². The number of hydrogen-bond donors (Lipinski definition) is 2. The molecule has 0 bridgehead atoms. The predicted octanol–water partition coefficient (Wildman–Crippen LogP) is 2.41. The zero-order valence-corrected chi connectivity index (χ0v) is 12.9. The molecule has 0 saturated heterocycles. The second-order valence-electron chi connectivity index (χ2n) is 5.79. The van der Waals surface area contributed by atoms with Gasteiger partial charge in [-0.15, -0.1) is 6.58 Å². The summed E-state index contributed by atoms with van der Waals surface area (Å²) >= 11 is 0. The highest BCUT2D eigenvalue weighted by Gasteiger charge is 2.29. The molecular weight excluding hydrogens is 276 g/mol. The van der Waals surface area contributed by atoms with Crippen LogP contribution in [0, 0.1) is 11.8 Å². The minimum Gasteiger partial charge on any atom is -0.352 e. The summed E-state index contributed by atoms with van der Waals surface area (Å²) in [7, 11) is 0. The molecule has 2 amide bonds. The van der Waals surface area contributed by atoms with E-state index in [0.717, 1.165) is 31.2 Å². The van der Waals surface area contributed by atoms with Crippen LogP contribution in [0.15, 0.2) is 43.0 Å². The standard InChI is InChI=1S/C18H24N2O2/c1-2-12-19-17(21)15-8-10-16(11-9-15)18(22)20-13-14-6-4-3-5-7-14/h2-7,15-16H,1,8-13H2,(H,19,21)(H,20,22). The molecule has 1 saturated carbocycles. The van der Waals surface area contributed by atoms with Crippen molar-refractivity contribution in [2.24, 2.45) is 11.8 Å². The van der Waals surface area contributed by atoms with Gasteiger partial charge < -0.3 is 10.6 Å². The van der Waals surface area contributed by atoms with Gasteiger partial charge in [0.25, 0.3) is 0 Å². The van der Waals surface area contributed by atoms with Gasteiger partial charge in [-0.3, -0.25) is 9.59 Å². The Kier molecular flexibility index (Phi) is 6.19. The molecule has 0 atom stereocenters. The summed E-state index contributed by atoms with van der Waals surface area (Å²) in [6, 6.07) is 9.90. The number of carbonyl (C=O) groups excluding carboxylic acids is 2. The van der Waals surface area contributed by atoms with E-state index in [-0.39, 0.29) is 23.7 Å². The molecule has 0 unspecified atom stereocenters. The van der Waals surface area contributed by atoms with Crippen molar-refractivity contribution in [3.63, 3.8) is 0 Å². The van der Waals surface area contributed by atoms with Crippen molar-refractivity contribution in [1.82, 2.24) is 10.6 Å². The fourth-order valence-electron chi connectivity index (χ4n) is 2.86. The fraction of sp³-hybridized carbons (Fsp3) is 0.444. The summed E-state index contributed by atoms with van der Waals surface area (Å²) < 4.78 is 0. The normalized spacial score (nSPS) is 20.9. The lowest BCUT2D eigenvalue weighted by molar-refractivity contribution is -0.130. The van der Waals surface area contributed by atoms with Gasteiger partial charge in [0.2, 0.25) is 11.8 Å². The molecule has 1 aromatic carbocycles. The Labute approximate surface area is 132 Å². The predicted molar refractivity (Wildman–Crippen MR) is 86.9 cm³/mol. The van der Waals surface area contributed by atoms with E-state index in [9.17, 15) is 9.59 Å². The first-order valence-corrected chi connectivity index (χ1v) is 7.91. The lowest BCUT2D eigenvalue weighted by atomic mass is 9.81. The molecule has 1 aliphatic carbocycles. The van der Waals surface area contributed by atoms with Gasteiger partial charge in [0.15, 0.2) is 0 Å². The van der Waals surface area contributed by atoms with Crippen molar-refractivity contribution in [3.8, 4) is 0 Å². The Morgan fingerprint density at radius 2 is 1.55 bits per heavy atom. The van der Waals surface area contributed by atoms with Crippen LogP contribution in [-0.2, 0) is 16.1 Å². The van der Waals surface area contributed by atoms with E-state index in [2.05, 4.69) is 17.2 Å². The van der Waals surface area contributed by atoms with E-state index in [1.807, 2.05) is 30.3 Å². The van der Waals surface area contributed by atoms with Crippen molar-refractivity contribution in [3.05, 3.63) is 48.6 Å². The Hall–Kier alpha value is -2.10. The Bertz CT molecular complexity index is 505. The van der Waals surface area contributed by atoms with E-state index >= 15 is 0 Å². The molecule has 1 aromatic rings. The lowest BCUT2D eigenvalue weighted by Gasteiger charge is -2.27. The van der Waals surface area contributed by atoms with Crippen molar-refractivity contribution in [1.29, 1.82) is 0 Å². The number of benzene rings is 1. The molecule has 0 heterocycles.